The SMILES string of the molecule is CCOc1ccc(CC(=O)Nc2ccc(C)cc2C)cc1. The first-order valence-electron chi connectivity index (χ1n) is 7.17. The molecule has 0 saturated carbocycles. The van der Waals surface area contributed by atoms with Gasteiger partial charge in [0.05, 0.1) is 13.0 Å². The summed E-state index contributed by atoms with van der Waals surface area (Å²) in [5.41, 5.74) is 4.12. The van der Waals surface area contributed by atoms with Gasteiger partial charge in [-0.25, -0.2) is 0 Å². The van der Waals surface area contributed by atoms with Crippen molar-refractivity contribution in [1.29, 1.82) is 0 Å². The third kappa shape index (κ3) is 4.35. The molecule has 0 aliphatic heterocycles. The molecule has 1 N–H and O–H groups in total. The second-order valence-corrected chi connectivity index (χ2v) is 5.12. The minimum atomic E-state index is -0.00823. The van der Waals surface area contributed by atoms with Crippen molar-refractivity contribution >= 4 is 11.6 Å². The van der Waals surface area contributed by atoms with E-state index in [0.717, 1.165) is 22.6 Å². The third-order valence-corrected chi connectivity index (χ3v) is 3.26. The van der Waals surface area contributed by atoms with Crippen LogP contribution in [0, 0.1) is 13.8 Å². The minimum absolute atomic E-state index is 0.00823. The van der Waals surface area contributed by atoms with Crippen molar-refractivity contribution in [1.82, 2.24) is 0 Å². The number of hydrogen-bond acceptors (Lipinski definition) is 2. The summed E-state index contributed by atoms with van der Waals surface area (Å²) in [5, 5.41) is 2.96. The van der Waals surface area contributed by atoms with E-state index in [-0.39, 0.29) is 5.91 Å². The second kappa shape index (κ2) is 6.93. The minimum Gasteiger partial charge on any atom is -0.494 e. The van der Waals surface area contributed by atoms with Gasteiger partial charge in [0.2, 0.25) is 5.91 Å². The fourth-order valence-electron chi connectivity index (χ4n) is 2.20. The predicted molar refractivity (Wildman–Crippen MR) is 85.9 cm³/mol. The van der Waals surface area contributed by atoms with E-state index in [1.807, 2.05) is 57.2 Å². The maximum Gasteiger partial charge on any atom is 0.228 e. The predicted octanol–water partition coefficient (Wildman–Crippen LogP) is 3.88. The zero-order valence-electron chi connectivity index (χ0n) is 12.8. The second-order valence-electron chi connectivity index (χ2n) is 5.12. The molecule has 0 heterocycles. The lowest BCUT2D eigenvalue weighted by Crippen LogP contribution is -2.15. The molecular weight excluding hydrogens is 262 g/mol. The molecule has 0 aromatic heterocycles. The molecule has 3 nitrogen and oxygen atoms in total. The molecule has 0 unspecified atom stereocenters. The lowest BCUT2D eigenvalue weighted by Gasteiger charge is -2.09. The first kappa shape index (κ1) is 15.1. The van der Waals surface area contributed by atoms with Gasteiger partial charge >= 0.3 is 0 Å². The molecule has 2 aromatic carbocycles. The summed E-state index contributed by atoms with van der Waals surface area (Å²) in [4.78, 5) is 12.1. The van der Waals surface area contributed by atoms with Crippen LogP contribution in [0.3, 0.4) is 0 Å². The number of rotatable bonds is 5. The number of carbonyl (C=O) groups excluding carboxylic acids is 1. The molecule has 0 saturated heterocycles. The van der Waals surface area contributed by atoms with E-state index < -0.39 is 0 Å². The number of nitrogens with one attached hydrogen (secondary N) is 1. The highest BCUT2D eigenvalue weighted by atomic mass is 16.5. The molecule has 0 spiro atoms. The Morgan fingerprint density at radius 3 is 2.43 bits per heavy atom. The molecule has 110 valence electrons. The van der Waals surface area contributed by atoms with Crippen LogP contribution < -0.4 is 10.1 Å². The Bertz CT molecular complexity index is 618. The molecule has 1 amide bonds. The Hall–Kier alpha value is -2.29. The van der Waals surface area contributed by atoms with E-state index in [4.69, 9.17) is 4.74 Å². The topological polar surface area (TPSA) is 38.3 Å². The zero-order chi connectivity index (χ0) is 15.2. The highest BCUT2D eigenvalue weighted by Crippen LogP contribution is 2.17. The maximum atomic E-state index is 12.1. The first-order chi connectivity index (χ1) is 10.1. The van der Waals surface area contributed by atoms with Crippen molar-refractivity contribution in [2.45, 2.75) is 27.2 Å². The van der Waals surface area contributed by atoms with Gasteiger partial charge in [-0.2, -0.15) is 0 Å². The van der Waals surface area contributed by atoms with Gasteiger partial charge in [0.25, 0.3) is 0 Å². The molecule has 0 radical (unpaired) electrons. The van der Waals surface area contributed by atoms with E-state index in [9.17, 15) is 4.79 Å². The number of benzene rings is 2. The van der Waals surface area contributed by atoms with E-state index in [1.165, 1.54) is 5.56 Å². The lowest BCUT2D eigenvalue weighted by molar-refractivity contribution is -0.115. The Labute approximate surface area is 126 Å². The summed E-state index contributed by atoms with van der Waals surface area (Å²) >= 11 is 0. The molecular formula is C18H21NO2. The number of ether oxygens (including phenoxy) is 1. The average Bonchev–Trinajstić information content (AvgIpc) is 2.44. The maximum absolute atomic E-state index is 12.1. The van der Waals surface area contributed by atoms with Crippen LogP contribution in [0.4, 0.5) is 5.69 Å². The van der Waals surface area contributed by atoms with Crippen molar-refractivity contribution in [3.8, 4) is 5.75 Å². The van der Waals surface area contributed by atoms with Gasteiger partial charge in [0.15, 0.2) is 0 Å². The van der Waals surface area contributed by atoms with Crippen molar-refractivity contribution in [2.75, 3.05) is 11.9 Å². The van der Waals surface area contributed by atoms with Gasteiger partial charge in [0.1, 0.15) is 5.75 Å². The molecule has 0 aliphatic carbocycles. The Morgan fingerprint density at radius 1 is 1.10 bits per heavy atom. The highest BCUT2D eigenvalue weighted by Gasteiger charge is 2.06. The number of carbonyl (C=O) groups is 1. The molecule has 0 aliphatic rings. The Morgan fingerprint density at radius 2 is 1.81 bits per heavy atom. The molecule has 2 rings (SSSR count). The quantitative estimate of drug-likeness (QED) is 0.904. The van der Waals surface area contributed by atoms with Gasteiger partial charge in [-0.1, -0.05) is 29.8 Å². The van der Waals surface area contributed by atoms with Crippen LogP contribution in [-0.4, -0.2) is 12.5 Å². The van der Waals surface area contributed by atoms with Gasteiger partial charge < -0.3 is 10.1 Å². The third-order valence-electron chi connectivity index (χ3n) is 3.26. The van der Waals surface area contributed by atoms with Crippen LogP contribution in [0.25, 0.3) is 0 Å². The molecule has 0 bridgehead atoms. The molecule has 3 heteroatoms. The van der Waals surface area contributed by atoms with E-state index >= 15 is 0 Å². The van der Waals surface area contributed by atoms with Crippen LogP contribution in [0.5, 0.6) is 5.75 Å². The molecule has 0 fully saturated rings. The number of aryl methyl sites for hydroxylation is 2. The lowest BCUT2D eigenvalue weighted by atomic mass is 10.1. The summed E-state index contributed by atoms with van der Waals surface area (Å²) in [6, 6.07) is 13.6. The fourth-order valence-corrected chi connectivity index (χ4v) is 2.20. The summed E-state index contributed by atoms with van der Waals surface area (Å²) in [7, 11) is 0. The fraction of sp³-hybridized carbons (Fsp3) is 0.278. The van der Waals surface area contributed by atoms with E-state index in [1.54, 1.807) is 0 Å². The van der Waals surface area contributed by atoms with E-state index in [2.05, 4.69) is 11.4 Å². The van der Waals surface area contributed by atoms with Crippen molar-refractivity contribution in [3.63, 3.8) is 0 Å². The van der Waals surface area contributed by atoms with Crippen LogP contribution in [-0.2, 0) is 11.2 Å². The first-order valence-corrected chi connectivity index (χ1v) is 7.17. The normalized spacial score (nSPS) is 10.2. The van der Waals surface area contributed by atoms with Crippen molar-refractivity contribution in [2.24, 2.45) is 0 Å². The van der Waals surface area contributed by atoms with E-state index in [0.29, 0.717) is 13.0 Å². The summed E-state index contributed by atoms with van der Waals surface area (Å²) in [5.74, 6) is 0.821. The number of amides is 1. The zero-order valence-corrected chi connectivity index (χ0v) is 12.8. The Kier molecular flexibility index (Phi) is 4.99. The smallest absolute Gasteiger partial charge is 0.228 e. The van der Waals surface area contributed by atoms with Crippen LogP contribution in [0.15, 0.2) is 42.5 Å². The van der Waals surface area contributed by atoms with Crippen molar-refractivity contribution < 1.29 is 9.53 Å². The Balaban J connectivity index is 1.98. The molecule has 2 aromatic rings. The molecule has 21 heavy (non-hydrogen) atoms. The number of anilines is 1. The molecule has 0 atom stereocenters. The van der Waals surface area contributed by atoms with Gasteiger partial charge in [-0.3, -0.25) is 4.79 Å². The summed E-state index contributed by atoms with van der Waals surface area (Å²) < 4.78 is 5.39. The highest BCUT2D eigenvalue weighted by molar-refractivity contribution is 5.93. The monoisotopic (exact) mass is 283 g/mol. The van der Waals surface area contributed by atoms with Gasteiger partial charge in [-0.05, 0) is 50.1 Å². The standard InChI is InChI=1S/C18H21NO2/c1-4-21-16-8-6-15(7-9-16)12-18(20)19-17-10-5-13(2)11-14(17)3/h5-11H,4,12H2,1-3H3,(H,19,20). The number of hydrogen-bond donors (Lipinski definition) is 1. The van der Waals surface area contributed by atoms with Crippen LogP contribution >= 0.6 is 0 Å². The van der Waals surface area contributed by atoms with Gasteiger partial charge in [-0.15, -0.1) is 0 Å². The average molecular weight is 283 g/mol. The van der Waals surface area contributed by atoms with Gasteiger partial charge in [0, 0.05) is 5.69 Å². The van der Waals surface area contributed by atoms with Crippen molar-refractivity contribution in [3.05, 3.63) is 59.2 Å². The summed E-state index contributed by atoms with van der Waals surface area (Å²) in [6.07, 6.45) is 0.361. The van der Waals surface area contributed by atoms with Crippen LogP contribution in [0.1, 0.15) is 23.6 Å². The summed E-state index contributed by atoms with van der Waals surface area (Å²) in [6.45, 7) is 6.63. The largest absolute Gasteiger partial charge is 0.494 e. The van der Waals surface area contributed by atoms with Crippen LogP contribution in [0.2, 0.25) is 0 Å².